The Morgan fingerprint density at radius 3 is 2.16 bits per heavy atom. The molecule has 1 unspecified atom stereocenters. The van der Waals surface area contributed by atoms with Crippen LogP contribution in [-0.2, 0) is 30.3 Å². The van der Waals surface area contributed by atoms with Crippen LogP contribution >= 0.6 is 0 Å². The summed E-state index contributed by atoms with van der Waals surface area (Å²) < 4.78 is 15.7. The third-order valence-corrected chi connectivity index (χ3v) is 7.83. The second-order valence-corrected chi connectivity index (χ2v) is 12.0. The summed E-state index contributed by atoms with van der Waals surface area (Å²) in [5, 5.41) is 13.7. The minimum absolute atomic E-state index is 0.0167. The van der Waals surface area contributed by atoms with E-state index in [0.29, 0.717) is 36.8 Å². The topological polar surface area (TPSA) is 147 Å². The summed E-state index contributed by atoms with van der Waals surface area (Å²) in [6.07, 6.45) is 1.52. The largest absolute Gasteiger partial charge is 0.466 e. The van der Waals surface area contributed by atoms with Crippen molar-refractivity contribution in [2.24, 2.45) is 11.7 Å². The Balaban J connectivity index is 1.51. The minimum atomic E-state index is -0.923. The van der Waals surface area contributed by atoms with E-state index in [-0.39, 0.29) is 28.8 Å². The molecule has 3 N–H and O–H groups in total. The number of hydrogen-bond donors (Lipinski definition) is 2. The first-order valence-electron chi connectivity index (χ1n) is 14.9. The molecule has 2 aromatic carbocycles. The van der Waals surface area contributed by atoms with E-state index in [0.717, 1.165) is 24.9 Å². The quantitative estimate of drug-likeness (QED) is 0.325. The third kappa shape index (κ3) is 7.64. The average molecular weight is 616 g/mol. The molecule has 2 aromatic rings. The van der Waals surface area contributed by atoms with Gasteiger partial charge in [0, 0.05) is 25.3 Å². The highest BCUT2D eigenvalue weighted by Gasteiger charge is 2.43. The molecule has 45 heavy (non-hydrogen) atoms. The predicted octanol–water partition coefficient (Wildman–Crippen LogP) is 4.32. The molecule has 0 spiro atoms. The van der Waals surface area contributed by atoms with Gasteiger partial charge < -0.3 is 30.2 Å². The number of carbonyl (C=O) groups excluding carboxylic acids is 3. The molecule has 4 rings (SSSR count). The van der Waals surface area contributed by atoms with Crippen LogP contribution in [-0.4, -0.2) is 62.4 Å². The maximum absolute atomic E-state index is 13.2. The van der Waals surface area contributed by atoms with Gasteiger partial charge in [0.1, 0.15) is 17.1 Å². The summed E-state index contributed by atoms with van der Waals surface area (Å²) in [7, 11) is 2.44. The number of anilines is 1. The molecule has 0 aliphatic carbocycles. The number of methoxy groups -OCH3 is 2. The van der Waals surface area contributed by atoms with E-state index in [4.69, 9.17) is 19.9 Å². The van der Waals surface area contributed by atoms with Gasteiger partial charge in [-0.25, -0.2) is 14.4 Å². The maximum atomic E-state index is 13.2. The zero-order valence-corrected chi connectivity index (χ0v) is 26.5. The average Bonchev–Trinajstić information content (AvgIpc) is 3.03. The molecule has 238 valence electrons. The molecule has 0 aromatic heterocycles. The van der Waals surface area contributed by atoms with E-state index < -0.39 is 23.5 Å². The fraction of sp³-hybridized carbons (Fsp3) is 0.412. The normalized spacial score (nSPS) is 17.6. The summed E-state index contributed by atoms with van der Waals surface area (Å²) in [6.45, 7) is 8.34. The number of ether oxygens (including phenoxy) is 3. The molecular formula is C34H41N5O6. The van der Waals surface area contributed by atoms with Crippen LogP contribution in [0.5, 0.6) is 0 Å². The molecule has 0 bridgehead atoms. The van der Waals surface area contributed by atoms with Crippen LogP contribution in [0.3, 0.4) is 0 Å². The van der Waals surface area contributed by atoms with Gasteiger partial charge in [0.25, 0.3) is 0 Å². The number of likely N-dealkylation sites (tertiary alicyclic amines) is 1. The van der Waals surface area contributed by atoms with Crippen molar-refractivity contribution in [2.75, 3.05) is 38.8 Å². The van der Waals surface area contributed by atoms with Gasteiger partial charge in [0.2, 0.25) is 0 Å². The molecule has 2 aliphatic heterocycles. The van der Waals surface area contributed by atoms with Gasteiger partial charge in [-0.05, 0) is 69.3 Å². The number of rotatable bonds is 8. The van der Waals surface area contributed by atoms with Crippen LogP contribution in [0, 0.1) is 17.2 Å². The summed E-state index contributed by atoms with van der Waals surface area (Å²) in [4.78, 5) is 42.0. The first-order valence-corrected chi connectivity index (χ1v) is 14.9. The molecular weight excluding hydrogens is 574 g/mol. The number of nitrogens with zero attached hydrogens (tertiary/aromatic N) is 3. The van der Waals surface area contributed by atoms with E-state index in [1.165, 1.54) is 19.1 Å². The molecule has 11 nitrogen and oxygen atoms in total. The fourth-order valence-corrected chi connectivity index (χ4v) is 5.61. The van der Waals surface area contributed by atoms with Crippen molar-refractivity contribution in [1.82, 2.24) is 10.2 Å². The highest BCUT2D eigenvalue weighted by Crippen LogP contribution is 2.43. The molecule has 0 radical (unpaired) electrons. The Morgan fingerprint density at radius 1 is 0.978 bits per heavy atom. The van der Waals surface area contributed by atoms with Crippen molar-refractivity contribution in [1.29, 1.82) is 5.26 Å². The van der Waals surface area contributed by atoms with E-state index in [2.05, 4.69) is 11.4 Å². The summed E-state index contributed by atoms with van der Waals surface area (Å²) in [5.41, 5.74) is 8.11. The predicted molar refractivity (Wildman–Crippen MR) is 168 cm³/mol. The number of nitriles is 1. The number of nitrogens with two attached hydrogens (primary N) is 1. The Morgan fingerprint density at radius 2 is 1.60 bits per heavy atom. The molecule has 11 heteroatoms. The molecule has 1 atom stereocenters. The smallest absolute Gasteiger partial charge is 0.410 e. The monoisotopic (exact) mass is 615 g/mol. The lowest BCUT2D eigenvalue weighted by Crippen LogP contribution is -2.43. The second kappa shape index (κ2) is 14.3. The maximum Gasteiger partial charge on any atom is 0.410 e. The van der Waals surface area contributed by atoms with Crippen LogP contribution < -0.4 is 16.0 Å². The van der Waals surface area contributed by atoms with Gasteiger partial charge in [0.05, 0.1) is 37.4 Å². The minimum Gasteiger partial charge on any atom is -0.466 e. The van der Waals surface area contributed by atoms with Crippen molar-refractivity contribution in [3.8, 4) is 6.07 Å². The Hall–Kier alpha value is -4.82. The molecule has 0 saturated carbocycles. The standard InChI is InChI=1S/C34H41N5O6/c1-34(2,3)45-33(42)38-17-15-23(16-18-38)21-37-20-22-11-13-25(14-12-22)39-29(32(41)44-5)28(31(40)43-4)27(26(19-35)30(39)36)24-9-7-6-8-10-24/h6-14,23,27,37H,15-18,20-21,36H2,1-5H3. The SMILES string of the molecule is COC(=O)C1=C(C(=O)OC)N(c2ccc(CNCC3CCN(C(=O)OC(C)(C)C)CC3)cc2)C(N)=C(C#N)C1c1ccccc1. The van der Waals surface area contributed by atoms with E-state index in [9.17, 15) is 19.6 Å². The van der Waals surface area contributed by atoms with Gasteiger partial charge in [-0.2, -0.15) is 5.26 Å². The molecule has 2 aliphatic rings. The highest BCUT2D eigenvalue weighted by atomic mass is 16.6. The summed E-state index contributed by atoms with van der Waals surface area (Å²) in [6, 6.07) is 18.4. The van der Waals surface area contributed by atoms with Crippen LogP contribution in [0.15, 0.2) is 77.3 Å². The number of benzene rings is 2. The zero-order chi connectivity index (χ0) is 32.7. The molecule has 1 saturated heterocycles. The first-order chi connectivity index (χ1) is 21.5. The number of amides is 1. The van der Waals surface area contributed by atoms with Gasteiger partial charge in [0.15, 0.2) is 0 Å². The number of allylic oxidation sites excluding steroid dienone is 1. The number of nitrogens with one attached hydrogen (secondary N) is 1. The summed E-state index contributed by atoms with van der Waals surface area (Å²) in [5.74, 6) is -2.03. The number of hydrogen-bond acceptors (Lipinski definition) is 10. The van der Waals surface area contributed by atoms with Crippen molar-refractivity contribution < 1.29 is 28.6 Å². The van der Waals surface area contributed by atoms with Crippen molar-refractivity contribution in [2.45, 2.75) is 51.7 Å². The third-order valence-electron chi connectivity index (χ3n) is 7.83. The van der Waals surface area contributed by atoms with Crippen LogP contribution in [0.2, 0.25) is 0 Å². The van der Waals surface area contributed by atoms with Gasteiger partial charge >= 0.3 is 18.0 Å². The van der Waals surface area contributed by atoms with Gasteiger partial charge in [-0.15, -0.1) is 0 Å². The fourth-order valence-electron chi connectivity index (χ4n) is 5.61. The lowest BCUT2D eigenvalue weighted by atomic mass is 9.81. The van der Waals surface area contributed by atoms with Crippen molar-refractivity contribution in [3.05, 3.63) is 88.4 Å². The number of piperidine rings is 1. The van der Waals surface area contributed by atoms with Crippen LogP contribution in [0.25, 0.3) is 0 Å². The van der Waals surface area contributed by atoms with E-state index in [1.54, 1.807) is 41.3 Å². The number of carbonyl (C=O) groups is 3. The molecule has 2 heterocycles. The Labute approximate surface area is 264 Å². The van der Waals surface area contributed by atoms with Crippen LogP contribution in [0.4, 0.5) is 10.5 Å². The lowest BCUT2D eigenvalue weighted by molar-refractivity contribution is -0.139. The Bertz CT molecular complexity index is 1500. The van der Waals surface area contributed by atoms with Crippen molar-refractivity contribution in [3.63, 3.8) is 0 Å². The van der Waals surface area contributed by atoms with Gasteiger partial charge in [-0.1, -0.05) is 42.5 Å². The molecule has 1 fully saturated rings. The van der Waals surface area contributed by atoms with Crippen LogP contribution in [0.1, 0.15) is 50.7 Å². The summed E-state index contributed by atoms with van der Waals surface area (Å²) >= 11 is 0. The number of esters is 2. The molecule has 1 amide bonds. The van der Waals surface area contributed by atoms with Crippen molar-refractivity contribution >= 4 is 23.7 Å². The Kier molecular flexibility index (Phi) is 10.5. The lowest BCUT2D eigenvalue weighted by Gasteiger charge is -2.36. The zero-order valence-electron chi connectivity index (χ0n) is 26.5. The first kappa shape index (κ1) is 33.1. The second-order valence-electron chi connectivity index (χ2n) is 12.0. The highest BCUT2D eigenvalue weighted by molar-refractivity contribution is 6.06. The van der Waals surface area contributed by atoms with E-state index >= 15 is 0 Å². The van der Waals surface area contributed by atoms with Gasteiger partial charge in [-0.3, -0.25) is 4.90 Å². The van der Waals surface area contributed by atoms with E-state index in [1.807, 2.05) is 39.0 Å².